The Balaban J connectivity index is 2.14. The second-order valence-corrected chi connectivity index (χ2v) is 6.15. The van der Waals surface area contributed by atoms with E-state index < -0.39 is 5.91 Å². The fourth-order valence-electron chi connectivity index (χ4n) is 3.39. The Hall–Kier alpha value is -2.43. The highest BCUT2D eigenvalue weighted by atomic mass is 16.6. The number of unbranched alkanes of at least 4 members (excludes halogenated alkanes) is 1. The van der Waals surface area contributed by atoms with Crippen LogP contribution < -0.4 is 15.2 Å². The summed E-state index contributed by atoms with van der Waals surface area (Å²) in [6.07, 6.45) is 2.16. The number of hydrogen-bond donors (Lipinski definition) is 1. The molecule has 0 saturated carbocycles. The minimum absolute atomic E-state index is 0.393. The molecule has 0 unspecified atom stereocenters. The SMILES string of the molecule is CCCCn1c(C)c(C(N)=O)c(-c2ccc3c(c2)OCCO3)c1C. The van der Waals surface area contributed by atoms with Crippen LogP contribution in [0.3, 0.4) is 0 Å². The van der Waals surface area contributed by atoms with Crippen LogP contribution in [0.4, 0.5) is 0 Å². The molecule has 5 nitrogen and oxygen atoms in total. The summed E-state index contributed by atoms with van der Waals surface area (Å²) >= 11 is 0. The van der Waals surface area contributed by atoms with Crippen molar-refractivity contribution in [1.29, 1.82) is 0 Å². The molecule has 5 heteroatoms. The van der Waals surface area contributed by atoms with Gasteiger partial charge in [0.1, 0.15) is 13.2 Å². The summed E-state index contributed by atoms with van der Waals surface area (Å²) in [6.45, 7) is 8.15. The average Bonchev–Trinajstić information content (AvgIpc) is 2.83. The Morgan fingerprint density at radius 3 is 2.54 bits per heavy atom. The quantitative estimate of drug-likeness (QED) is 0.914. The van der Waals surface area contributed by atoms with Crippen LogP contribution >= 0.6 is 0 Å². The Labute approximate surface area is 142 Å². The van der Waals surface area contributed by atoms with Gasteiger partial charge in [-0.05, 0) is 38.0 Å². The molecule has 0 aliphatic carbocycles. The first kappa shape index (κ1) is 16.4. The van der Waals surface area contributed by atoms with E-state index in [9.17, 15) is 4.79 Å². The second kappa shape index (κ2) is 6.59. The van der Waals surface area contributed by atoms with Crippen LogP contribution in [-0.2, 0) is 6.54 Å². The number of aromatic nitrogens is 1. The zero-order valence-corrected chi connectivity index (χ0v) is 14.5. The van der Waals surface area contributed by atoms with Gasteiger partial charge in [-0.25, -0.2) is 0 Å². The highest BCUT2D eigenvalue weighted by Gasteiger charge is 2.23. The van der Waals surface area contributed by atoms with Crippen molar-refractivity contribution in [3.63, 3.8) is 0 Å². The van der Waals surface area contributed by atoms with E-state index in [1.807, 2.05) is 32.0 Å². The smallest absolute Gasteiger partial charge is 0.251 e. The van der Waals surface area contributed by atoms with E-state index in [1.54, 1.807) is 0 Å². The third-order valence-corrected chi connectivity index (χ3v) is 4.60. The van der Waals surface area contributed by atoms with Crippen LogP contribution in [0, 0.1) is 13.8 Å². The highest BCUT2D eigenvalue weighted by molar-refractivity contribution is 6.02. The van der Waals surface area contributed by atoms with Crippen LogP contribution in [0.15, 0.2) is 18.2 Å². The zero-order chi connectivity index (χ0) is 17.3. The third-order valence-electron chi connectivity index (χ3n) is 4.60. The van der Waals surface area contributed by atoms with Gasteiger partial charge in [-0.15, -0.1) is 0 Å². The maximum atomic E-state index is 12.1. The van der Waals surface area contributed by atoms with Crippen LogP contribution in [0.25, 0.3) is 11.1 Å². The van der Waals surface area contributed by atoms with Gasteiger partial charge in [0.05, 0.1) is 5.56 Å². The first-order valence-corrected chi connectivity index (χ1v) is 8.44. The number of rotatable bonds is 5. The Morgan fingerprint density at radius 1 is 1.17 bits per heavy atom. The van der Waals surface area contributed by atoms with Crippen LogP contribution in [0.1, 0.15) is 41.5 Å². The van der Waals surface area contributed by atoms with Crippen molar-refractivity contribution in [3.8, 4) is 22.6 Å². The largest absolute Gasteiger partial charge is 0.486 e. The molecule has 24 heavy (non-hydrogen) atoms. The molecule has 1 aliphatic heterocycles. The number of hydrogen-bond acceptors (Lipinski definition) is 3. The molecular weight excluding hydrogens is 304 g/mol. The Bertz CT molecular complexity index is 777. The minimum Gasteiger partial charge on any atom is -0.486 e. The fraction of sp³-hybridized carbons (Fsp3) is 0.421. The number of fused-ring (bicyclic) bond motifs is 1. The Morgan fingerprint density at radius 2 is 1.88 bits per heavy atom. The third kappa shape index (κ3) is 2.75. The number of carbonyl (C=O) groups excluding carboxylic acids is 1. The van der Waals surface area contributed by atoms with Crippen LogP contribution in [0.5, 0.6) is 11.5 Å². The second-order valence-electron chi connectivity index (χ2n) is 6.15. The molecule has 3 rings (SSSR count). The molecule has 0 atom stereocenters. The van der Waals surface area contributed by atoms with Crippen molar-refractivity contribution in [2.45, 2.75) is 40.2 Å². The van der Waals surface area contributed by atoms with Gasteiger partial charge in [0, 0.05) is 23.5 Å². The molecule has 2 heterocycles. The normalized spacial score (nSPS) is 13.1. The van der Waals surface area contributed by atoms with E-state index in [0.29, 0.717) is 24.5 Å². The number of ether oxygens (including phenoxy) is 2. The van der Waals surface area contributed by atoms with Crippen molar-refractivity contribution in [2.75, 3.05) is 13.2 Å². The van der Waals surface area contributed by atoms with Crippen molar-refractivity contribution < 1.29 is 14.3 Å². The molecular formula is C19H24N2O3. The number of primary amides is 1. The predicted molar refractivity (Wildman–Crippen MR) is 93.8 cm³/mol. The number of nitrogens with two attached hydrogens (primary N) is 1. The van der Waals surface area contributed by atoms with Gasteiger partial charge in [-0.2, -0.15) is 0 Å². The maximum absolute atomic E-state index is 12.1. The summed E-state index contributed by atoms with van der Waals surface area (Å²) in [5, 5.41) is 0. The lowest BCUT2D eigenvalue weighted by Gasteiger charge is -2.19. The van der Waals surface area contributed by atoms with E-state index in [2.05, 4.69) is 11.5 Å². The molecule has 0 radical (unpaired) electrons. The van der Waals surface area contributed by atoms with Crippen molar-refractivity contribution in [1.82, 2.24) is 4.57 Å². The molecule has 0 saturated heterocycles. The van der Waals surface area contributed by atoms with Gasteiger partial charge < -0.3 is 19.8 Å². The summed E-state index contributed by atoms with van der Waals surface area (Å²) in [5.41, 5.74) is 10.1. The molecule has 0 bridgehead atoms. The van der Waals surface area contributed by atoms with Gasteiger partial charge in [0.25, 0.3) is 5.91 Å². The maximum Gasteiger partial charge on any atom is 0.251 e. The van der Waals surface area contributed by atoms with Crippen LogP contribution in [0.2, 0.25) is 0 Å². The molecule has 1 aromatic heterocycles. The summed E-state index contributed by atoms with van der Waals surface area (Å²) in [6, 6.07) is 5.80. The van der Waals surface area contributed by atoms with Gasteiger partial charge >= 0.3 is 0 Å². The summed E-state index contributed by atoms with van der Waals surface area (Å²) < 4.78 is 13.5. The minimum atomic E-state index is -0.393. The molecule has 2 N–H and O–H groups in total. The molecule has 0 spiro atoms. The summed E-state index contributed by atoms with van der Waals surface area (Å²) in [7, 11) is 0. The molecule has 1 amide bonds. The molecule has 128 valence electrons. The zero-order valence-electron chi connectivity index (χ0n) is 14.5. The van der Waals surface area contributed by atoms with Crippen LogP contribution in [-0.4, -0.2) is 23.7 Å². The fourth-order valence-corrected chi connectivity index (χ4v) is 3.39. The Kier molecular flexibility index (Phi) is 4.51. The van der Waals surface area contributed by atoms with E-state index in [0.717, 1.165) is 47.7 Å². The van der Waals surface area contributed by atoms with E-state index in [-0.39, 0.29) is 0 Å². The highest BCUT2D eigenvalue weighted by Crippen LogP contribution is 2.38. The lowest BCUT2D eigenvalue weighted by molar-refractivity contribution is 0.1000. The van der Waals surface area contributed by atoms with Gasteiger partial charge in [0.15, 0.2) is 11.5 Å². The molecule has 2 aromatic rings. The molecule has 1 aromatic carbocycles. The monoisotopic (exact) mass is 328 g/mol. The molecule has 1 aliphatic rings. The number of benzene rings is 1. The molecule has 0 fully saturated rings. The van der Waals surface area contributed by atoms with Crippen molar-refractivity contribution in [2.24, 2.45) is 5.73 Å². The van der Waals surface area contributed by atoms with Crippen molar-refractivity contribution in [3.05, 3.63) is 35.2 Å². The van der Waals surface area contributed by atoms with Gasteiger partial charge in [-0.3, -0.25) is 4.79 Å². The number of amides is 1. The van der Waals surface area contributed by atoms with Gasteiger partial charge in [0.2, 0.25) is 0 Å². The summed E-state index contributed by atoms with van der Waals surface area (Å²) in [5.74, 6) is 1.06. The lowest BCUT2D eigenvalue weighted by atomic mass is 9.99. The summed E-state index contributed by atoms with van der Waals surface area (Å²) in [4.78, 5) is 12.1. The van der Waals surface area contributed by atoms with E-state index in [1.165, 1.54) is 0 Å². The predicted octanol–water partition coefficient (Wildman–Crippen LogP) is 3.44. The first-order chi connectivity index (χ1) is 11.5. The van der Waals surface area contributed by atoms with E-state index >= 15 is 0 Å². The first-order valence-electron chi connectivity index (χ1n) is 8.44. The van der Waals surface area contributed by atoms with Crippen molar-refractivity contribution >= 4 is 5.91 Å². The lowest BCUT2D eigenvalue weighted by Crippen LogP contribution is -2.15. The van der Waals surface area contributed by atoms with E-state index in [4.69, 9.17) is 15.2 Å². The number of nitrogens with zero attached hydrogens (tertiary/aromatic N) is 1. The topological polar surface area (TPSA) is 66.5 Å². The standard InChI is InChI=1S/C19H24N2O3/c1-4-5-8-21-12(2)17(18(13(21)3)19(20)22)14-6-7-15-16(11-14)24-10-9-23-15/h6-7,11H,4-5,8-10H2,1-3H3,(H2,20,22). The van der Waals surface area contributed by atoms with Gasteiger partial charge in [-0.1, -0.05) is 19.4 Å². The average molecular weight is 328 g/mol. The number of carbonyl (C=O) groups is 1.